The second kappa shape index (κ2) is 11.7. The van der Waals surface area contributed by atoms with Crippen molar-refractivity contribution >= 4 is 41.7 Å². The summed E-state index contributed by atoms with van der Waals surface area (Å²) >= 11 is 0. The molecular formula is C22H31IN6O. The lowest BCUT2D eigenvalue weighted by molar-refractivity contribution is -0.122. The first-order valence-electron chi connectivity index (χ1n) is 10.1. The average Bonchev–Trinajstić information content (AvgIpc) is 2.75. The summed E-state index contributed by atoms with van der Waals surface area (Å²) in [5, 5.41) is 6.73. The topological polar surface area (TPSA) is 95.6 Å². The number of nitrogens with zero attached hydrogens (tertiary/aromatic N) is 3. The highest BCUT2D eigenvalue weighted by Crippen LogP contribution is 2.24. The van der Waals surface area contributed by atoms with Gasteiger partial charge in [-0.15, -0.1) is 24.0 Å². The Morgan fingerprint density at radius 2 is 1.90 bits per heavy atom. The van der Waals surface area contributed by atoms with E-state index in [1.807, 2.05) is 18.2 Å². The number of anilines is 1. The first kappa shape index (κ1) is 23.9. The van der Waals surface area contributed by atoms with Crippen molar-refractivity contribution < 1.29 is 4.79 Å². The van der Waals surface area contributed by atoms with Gasteiger partial charge >= 0.3 is 0 Å². The lowest BCUT2D eigenvalue weighted by Crippen LogP contribution is -2.42. The summed E-state index contributed by atoms with van der Waals surface area (Å²) in [5.41, 5.74) is 9.09. The second-order valence-electron chi connectivity index (χ2n) is 7.38. The van der Waals surface area contributed by atoms with E-state index in [-0.39, 0.29) is 35.8 Å². The Labute approximate surface area is 195 Å². The molecule has 1 aromatic heterocycles. The van der Waals surface area contributed by atoms with E-state index in [2.05, 4.69) is 50.6 Å². The number of benzene rings is 1. The predicted octanol–water partition coefficient (Wildman–Crippen LogP) is 2.57. The number of nitrogens with two attached hydrogens (primary N) is 1. The Morgan fingerprint density at radius 1 is 1.20 bits per heavy atom. The van der Waals surface area contributed by atoms with Gasteiger partial charge in [0.15, 0.2) is 5.96 Å². The molecule has 30 heavy (non-hydrogen) atoms. The molecule has 1 aliphatic heterocycles. The van der Waals surface area contributed by atoms with Crippen molar-refractivity contribution in [2.24, 2.45) is 16.6 Å². The lowest BCUT2D eigenvalue weighted by atomic mass is 9.97. The molecule has 2 aromatic rings. The number of guanidine groups is 1. The molecule has 0 aliphatic carbocycles. The molecule has 3 rings (SSSR count). The van der Waals surface area contributed by atoms with E-state index in [0.717, 1.165) is 36.7 Å². The van der Waals surface area contributed by atoms with Gasteiger partial charge in [-0.25, -0.2) is 4.98 Å². The molecule has 7 nitrogen and oxygen atoms in total. The van der Waals surface area contributed by atoms with Crippen LogP contribution in [-0.4, -0.2) is 37.0 Å². The minimum atomic E-state index is -0.230. The molecule has 1 saturated heterocycles. The van der Waals surface area contributed by atoms with Crippen LogP contribution in [0.4, 0.5) is 5.82 Å². The lowest BCUT2D eigenvalue weighted by Gasteiger charge is -2.33. The van der Waals surface area contributed by atoms with Crippen LogP contribution in [0.15, 0.2) is 47.6 Å². The van der Waals surface area contributed by atoms with E-state index in [1.54, 1.807) is 13.2 Å². The second-order valence-corrected chi connectivity index (χ2v) is 7.38. The number of carbonyl (C=O) groups is 1. The molecule has 0 spiro atoms. The van der Waals surface area contributed by atoms with Crippen LogP contribution in [0.1, 0.15) is 29.5 Å². The molecule has 1 aromatic carbocycles. The zero-order chi connectivity index (χ0) is 20.6. The number of aryl methyl sites for hydroxylation is 1. The normalized spacial score (nSPS) is 16.5. The van der Waals surface area contributed by atoms with Gasteiger partial charge in [-0.2, -0.15) is 0 Å². The van der Waals surface area contributed by atoms with Crippen LogP contribution in [0, 0.1) is 12.8 Å². The number of piperidine rings is 1. The third-order valence-electron chi connectivity index (χ3n) is 5.37. The number of rotatable bonds is 6. The monoisotopic (exact) mass is 522 g/mol. The fourth-order valence-electron chi connectivity index (χ4n) is 3.64. The minimum absolute atomic E-state index is 0. The van der Waals surface area contributed by atoms with Gasteiger partial charge in [0.05, 0.1) is 5.92 Å². The maximum Gasteiger partial charge on any atom is 0.222 e. The highest BCUT2D eigenvalue weighted by molar-refractivity contribution is 14.0. The third kappa shape index (κ3) is 6.32. The van der Waals surface area contributed by atoms with Crippen LogP contribution in [0.25, 0.3) is 0 Å². The van der Waals surface area contributed by atoms with E-state index >= 15 is 0 Å². The summed E-state index contributed by atoms with van der Waals surface area (Å²) in [6.07, 6.45) is 3.58. The number of nitrogens with one attached hydrogen (secondary N) is 2. The number of pyridine rings is 1. The maximum absolute atomic E-state index is 11.6. The highest BCUT2D eigenvalue weighted by Gasteiger charge is 2.25. The molecule has 1 amide bonds. The van der Waals surface area contributed by atoms with E-state index in [4.69, 9.17) is 5.73 Å². The van der Waals surface area contributed by atoms with Gasteiger partial charge in [-0.3, -0.25) is 9.79 Å². The van der Waals surface area contributed by atoms with E-state index < -0.39 is 0 Å². The zero-order valence-corrected chi connectivity index (χ0v) is 19.9. The Hall–Kier alpha value is -2.36. The smallest absolute Gasteiger partial charge is 0.222 e. The van der Waals surface area contributed by atoms with E-state index in [9.17, 15) is 4.79 Å². The SMILES string of the molecule is CN=C(NCc1ccccc1C)NCc1cccnc1N1CCCC(C(N)=O)C1.I. The van der Waals surface area contributed by atoms with Crippen LogP contribution >= 0.6 is 24.0 Å². The number of carbonyl (C=O) groups excluding carboxylic acids is 1. The van der Waals surface area contributed by atoms with Gasteiger partial charge in [-0.05, 0) is 37.0 Å². The van der Waals surface area contributed by atoms with Crippen molar-refractivity contribution in [3.63, 3.8) is 0 Å². The Balaban J connectivity index is 0.00000320. The molecule has 0 bridgehead atoms. The van der Waals surface area contributed by atoms with Crippen molar-refractivity contribution in [2.45, 2.75) is 32.9 Å². The number of aliphatic imine (C=N–C) groups is 1. The molecule has 1 atom stereocenters. The highest BCUT2D eigenvalue weighted by atomic mass is 127. The predicted molar refractivity (Wildman–Crippen MR) is 132 cm³/mol. The van der Waals surface area contributed by atoms with E-state index in [1.165, 1.54) is 11.1 Å². The van der Waals surface area contributed by atoms with Gasteiger partial charge in [0.2, 0.25) is 5.91 Å². The van der Waals surface area contributed by atoms with Crippen LogP contribution in [0.3, 0.4) is 0 Å². The van der Waals surface area contributed by atoms with Crippen LogP contribution in [0.5, 0.6) is 0 Å². The third-order valence-corrected chi connectivity index (χ3v) is 5.37. The van der Waals surface area contributed by atoms with Gasteiger partial charge in [0, 0.05) is 45.0 Å². The van der Waals surface area contributed by atoms with Crippen molar-refractivity contribution in [1.29, 1.82) is 0 Å². The molecule has 8 heteroatoms. The number of hydrogen-bond donors (Lipinski definition) is 3. The van der Waals surface area contributed by atoms with Crippen molar-refractivity contribution in [1.82, 2.24) is 15.6 Å². The molecule has 0 saturated carbocycles. The number of amides is 1. The van der Waals surface area contributed by atoms with Gasteiger partial charge in [-0.1, -0.05) is 30.3 Å². The standard InChI is InChI=1S/C22H30N6O.HI/c1-16-7-3-4-8-17(16)13-26-22(24-2)27-14-18-9-5-11-25-21(18)28-12-6-10-19(15-28)20(23)29;/h3-5,7-9,11,19H,6,10,12-15H2,1-2H3,(H2,23,29)(H2,24,26,27);1H. The molecule has 1 fully saturated rings. The average molecular weight is 522 g/mol. The first-order chi connectivity index (χ1) is 14.1. The largest absolute Gasteiger partial charge is 0.369 e. The van der Waals surface area contributed by atoms with Crippen LogP contribution < -0.4 is 21.3 Å². The van der Waals surface area contributed by atoms with Crippen LogP contribution in [0.2, 0.25) is 0 Å². The van der Waals surface area contributed by atoms with Crippen molar-refractivity contribution in [2.75, 3.05) is 25.0 Å². The molecule has 2 heterocycles. The maximum atomic E-state index is 11.6. The Bertz CT molecular complexity index is 872. The molecule has 1 aliphatic rings. The van der Waals surface area contributed by atoms with Crippen LogP contribution in [-0.2, 0) is 17.9 Å². The summed E-state index contributed by atoms with van der Waals surface area (Å²) < 4.78 is 0. The summed E-state index contributed by atoms with van der Waals surface area (Å²) in [6, 6.07) is 12.3. The summed E-state index contributed by atoms with van der Waals surface area (Å²) in [4.78, 5) is 22.7. The Morgan fingerprint density at radius 3 is 2.60 bits per heavy atom. The number of primary amides is 1. The van der Waals surface area contributed by atoms with Crippen molar-refractivity contribution in [3.05, 3.63) is 59.3 Å². The van der Waals surface area contributed by atoms with Gasteiger partial charge in [0.25, 0.3) is 0 Å². The number of hydrogen-bond acceptors (Lipinski definition) is 4. The first-order valence-corrected chi connectivity index (χ1v) is 10.1. The zero-order valence-electron chi connectivity index (χ0n) is 17.6. The summed E-state index contributed by atoms with van der Waals surface area (Å²) in [7, 11) is 1.76. The van der Waals surface area contributed by atoms with Gasteiger partial charge < -0.3 is 21.3 Å². The number of aromatic nitrogens is 1. The fourth-order valence-corrected chi connectivity index (χ4v) is 3.64. The van der Waals surface area contributed by atoms with Gasteiger partial charge in [0.1, 0.15) is 5.82 Å². The molecule has 4 N–H and O–H groups in total. The minimum Gasteiger partial charge on any atom is -0.369 e. The Kier molecular flexibility index (Phi) is 9.35. The molecule has 1 unspecified atom stereocenters. The summed E-state index contributed by atoms with van der Waals surface area (Å²) in [6.45, 7) is 4.91. The summed E-state index contributed by atoms with van der Waals surface area (Å²) in [5.74, 6) is 1.29. The fraction of sp³-hybridized carbons (Fsp3) is 0.409. The molecule has 162 valence electrons. The van der Waals surface area contributed by atoms with Crippen molar-refractivity contribution in [3.8, 4) is 0 Å². The molecule has 0 radical (unpaired) electrons. The van der Waals surface area contributed by atoms with E-state index in [0.29, 0.717) is 19.6 Å². The quantitative estimate of drug-likeness (QED) is 0.308. The number of halogens is 1. The molecular weight excluding hydrogens is 491 g/mol.